The molecule has 0 unspecified atom stereocenters. The Labute approximate surface area is 335 Å². The van der Waals surface area contributed by atoms with E-state index in [2.05, 4.69) is 150 Å². The lowest BCUT2D eigenvalue weighted by Crippen LogP contribution is -2.10. The number of anilines is 6. The molecule has 0 saturated carbocycles. The molecule has 264 valence electrons. The molecule has 0 atom stereocenters. The highest BCUT2D eigenvalue weighted by atomic mass is 15.2. The Morgan fingerprint density at radius 2 is 0.714 bits per heavy atom. The molecule has 0 aliphatic carbocycles. The van der Waals surface area contributed by atoms with Crippen molar-refractivity contribution in [2.24, 2.45) is 0 Å². The van der Waals surface area contributed by atoms with Crippen molar-refractivity contribution in [3.05, 3.63) is 230 Å². The molecule has 1 aliphatic heterocycles. The average Bonchev–Trinajstić information content (AvgIpc) is 3.44. The van der Waals surface area contributed by atoms with Crippen molar-refractivity contribution >= 4 is 34.1 Å². The SMILES string of the molecule is [2H]c1c([2H])c([2H])c(N2c3ccccc3-c3ccccc3-c3cc(-c4ccc(N(c5ccc(-c6ccccc6)cc5)c5ccc(-c6ccccc6)cc5)cc4)ccc32)c([2H])c1[2H]. The largest absolute Gasteiger partial charge is 0.311 e. The Hall–Kier alpha value is -7.42. The number of benzene rings is 9. The molecule has 0 radical (unpaired) electrons. The van der Waals surface area contributed by atoms with Gasteiger partial charge in [-0.1, -0.05) is 164 Å². The maximum absolute atomic E-state index is 9.02. The third-order valence-corrected chi connectivity index (χ3v) is 10.5. The Balaban J connectivity index is 1.08. The lowest BCUT2D eigenvalue weighted by atomic mass is 9.92. The molecular weight excluding hydrogens is 677 g/mol. The minimum Gasteiger partial charge on any atom is -0.311 e. The molecule has 10 rings (SSSR count). The van der Waals surface area contributed by atoms with Crippen LogP contribution in [-0.4, -0.2) is 0 Å². The molecule has 0 N–H and O–H groups in total. The van der Waals surface area contributed by atoms with E-state index in [1.165, 1.54) is 11.1 Å². The molecule has 9 aromatic carbocycles. The van der Waals surface area contributed by atoms with Gasteiger partial charge in [-0.2, -0.15) is 0 Å². The van der Waals surface area contributed by atoms with Crippen LogP contribution in [0.5, 0.6) is 0 Å². The Bertz CT molecular complexity index is 2950. The van der Waals surface area contributed by atoms with Gasteiger partial charge in [0.1, 0.15) is 0 Å². The van der Waals surface area contributed by atoms with Gasteiger partial charge >= 0.3 is 0 Å². The van der Waals surface area contributed by atoms with E-state index >= 15 is 0 Å². The number of rotatable bonds is 7. The van der Waals surface area contributed by atoms with Gasteiger partial charge in [0.15, 0.2) is 0 Å². The van der Waals surface area contributed by atoms with Gasteiger partial charge in [-0.15, -0.1) is 0 Å². The first-order chi connectivity index (χ1) is 29.9. The van der Waals surface area contributed by atoms with Crippen LogP contribution in [0.3, 0.4) is 0 Å². The molecule has 0 bridgehead atoms. The fourth-order valence-corrected chi connectivity index (χ4v) is 7.82. The number of hydrogen-bond donors (Lipinski definition) is 0. The Morgan fingerprint density at radius 3 is 1.25 bits per heavy atom. The second-order valence-electron chi connectivity index (χ2n) is 13.8. The molecule has 56 heavy (non-hydrogen) atoms. The first-order valence-corrected chi connectivity index (χ1v) is 18.8. The molecule has 1 aliphatic rings. The number of hydrogen-bond acceptors (Lipinski definition) is 2. The van der Waals surface area contributed by atoms with Crippen molar-refractivity contribution in [1.82, 2.24) is 0 Å². The first-order valence-electron chi connectivity index (χ1n) is 21.3. The van der Waals surface area contributed by atoms with E-state index < -0.39 is 6.04 Å². The normalized spacial score (nSPS) is 12.8. The average molecular weight is 720 g/mol. The molecule has 0 aromatic heterocycles. The van der Waals surface area contributed by atoms with Crippen LogP contribution in [0, 0.1) is 0 Å². The number of nitrogens with zero attached hydrogens (tertiary/aromatic N) is 2. The van der Waals surface area contributed by atoms with Crippen LogP contribution in [-0.2, 0) is 0 Å². The lowest BCUT2D eigenvalue weighted by molar-refractivity contribution is 1.28. The van der Waals surface area contributed by atoms with E-state index in [9.17, 15) is 0 Å². The molecule has 0 amide bonds. The first kappa shape index (κ1) is 28.1. The van der Waals surface area contributed by atoms with Crippen molar-refractivity contribution in [1.29, 1.82) is 0 Å². The summed E-state index contributed by atoms with van der Waals surface area (Å²) in [4.78, 5) is 4.11. The predicted octanol–water partition coefficient (Wildman–Crippen LogP) is 15.3. The Kier molecular flexibility index (Phi) is 7.24. The van der Waals surface area contributed by atoms with E-state index in [-0.39, 0.29) is 29.9 Å². The fourth-order valence-electron chi connectivity index (χ4n) is 7.82. The monoisotopic (exact) mass is 719 g/mol. The van der Waals surface area contributed by atoms with Crippen LogP contribution in [0.2, 0.25) is 0 Å². The van der Waals surface area contributed by atoms with Gasteiger partial charge in [0.2, 0.25) is 0 Å². The summed E-state index contributed by atoms with van der Waals surface area (Å²) in [7, 11) is 0. The third kappa shape index (κ3) is 6.14. The minimum atomic E-state index is -0.420. The zero-order valence-electron chi connectivity index (χ0n) is 35.4. The van der Waals surface area contributed by atoms with Gasteiger partial charge in [0.05, 0.1) is 18.2 Å². The van der Waals surface area contributed by atoms with Crippen LogP contribution >= 0.6 is 0 Å². The second-order valence-corrected chi connectivity index (χ2v) is 13.8. The number of para-hydroxylation sites is 2. The second kappa shape index (κ2) is 14.4. The predicted molar refractivity (Wildman–Crippen MR) is 237 cm³/mol. The van der Waals surface area contributed by atoms with Gasteiger partial charge in [-0.25, -0.2) is 0 Å². The van der Waals surface area contributed by atoms with E-state index in [4.69, 9.17) is 6.85 Å². The third-order valence-electron chi connectivity index (χ3n) is 10.5. The molecule has 0 saturated heterocycles. The van der Waals surface area contributed by atoms with Crippen molar-refractivity contribution in [2.45, 2.75) is 0 Å². The summed E-state index contributed by atoms with van der Waals surface area (Å²) in [5.41, 5.74) is 15.1. The van der Waals surface area contributed by atoms with Gasteiger partial charge in [-0.05, 0) is 111 Å². The van der Waals surface area contributed by atoms with Crippen molar-refractivity contribution in [3.8, 4) is 55.6 Å². The van der Waals surface area contributed by atoms with Crippen LogP contribution in [0.15, 0.2) is 230 Å². The van der Waals surface area contributed by atoms with Gasteiger partial charge in [0.25, 0.3) is 0 Å². The van der Waals surface area contributed by atoms with Gasteiger partial charge < -0.3 is 9.80 Å². The summed E-state index contributed by atoms with van der Waals surface area (Å²) in [5.74, 6) is 0. The summed E-state index contributed by atoms with van der Waals surface area (Å²) in [5, 5.41) is 0. The van der Waals surface area contributed by atoms with Crippen molar-refractivity contribution in [2.75, 3.05) is 9.80 Å². The maximum Gasteiger partial charge on any atom is 0.0645 e. The fraction of sp³-hybridized carbons (Fsp3) is 0. The lowest BCUT2D eigenvalue weighted by Gasteiger charge is -2.27. The zero-order valence-corrected chi connectivity index (χ0v) is 30.4. The summed E-state index contributed by atoms with van der Waals surface area (Å²) in [6.45, 7) is 0. The molecule has 9 aromatic rings. The summed E-state index contributed by atoms with van der Waals surface area (Å²) < 4.78 is 43.5. The van der Waals surface area contributed by atoms with Crippen LogP contribution in [0.1, 0.15) is 6.85 Å². The Morgan fingerprint density at radius 1 is 0.321 bits per heavy atom. The smallest absolute Gasteiger partial charge is 0.0645 e. The summed E-state index contributed by atoms with van der Waals surface area (Å²) in [6.07, 6.45) is 0. The topological polar surface area (TPSA) is 6.48 Å². The standard InChI is InChI=1S/C54H38N2/c1-4-14-39(15-5-1)41-24-31-46(32-25-41)55(47-33-26-42(27-34-47)40-16-6-2-7-17-40)48-35-28-43(29-36-48)44-30-37-54-52(38-44)50-21-11-10-20-49(50)51-22-12-13-23-53(51)56(54)45-18-8-3-9-19-45/h1-38H/i3D,8D,9D,18D,19D. The molecular formula is C54H38N2. The zero-order chi connectivity index (χ0) is 41.6. The van der Waals surface area contributed by atoms with Gasteiger partial charge in [0, 0.05) is 33.9 Å². The van der Waals surface area contributed by atoms with E-state index in [0.29, 0.717) is 0 Å². The molecule has 2 heteroatoms. The highest BCUT2D eigenvalue weighted by Gasteiger charge is 2.26. The quantitative estimate of drug-likeness (QED) is 0.162. The van der Waals surface area contributed by atoms with Crippen molar-refractivity contribution < 1.29 is 6.85 Å². The van der Waals surface area contributed by atoms with Crippen LogP contribution in [0.25, 0.3) is 55.6 Å². The van der Waals surface area contributed by atoms with Crippen molar-refractivity contribution in [3.63, 3.8) is 0 Å². The highest BCUT2D eigenvalue weighted by molar-refractivity contribution is 6.03. The van der Waals surface area contributed by atoms with Gasteiger partial charge in [-0.3, -0.25) is 0 Å². The molecule has 0 spiro atoms. The molecule has 2 nitrogen and oxygen atoms in total. The summed E-state index contributed by atoms with van der Waals surface area (Å²) in [6, 6.07) is 67.4. The van der Waals surface area contributed by atoms with Crippen LogP contribution < -0.4 is 9.80 Å². The number of fused-ring (bicyclic) bond motifs is 5. The minimum absolute atomic E-state index is 0.110. The summed E-state index contributed by atoms with van der Waals surface area (Å²) >= 11 is 0. The van der Waals surface area contributed by atoms with E-state index in [1.54, 1.807) is 0 Å². The van der Waals surface area contributed by atoms with E-state index in [1.807, 2.05) is 59.5 Å². The van der Waals surface area contributed by atoms with Crippen LogP contribution in [0.4, 0.5) is 34.1 Å². The maximum atomic E-state index is 9.02. The molecule has 0 fully saturated rings. The van der Waals surface area contributed by atoms with E-state index in [0.717, 1.165) is 72.9 Å². The highest BCUT2D eigenvalue weighted by Crippen LogP contribution is 2.51. The molecule has 1 heterocycles.